The maximum Gasteiger partial charge on any atom is 0.328 e. The van der Waals surface area contributed by atoms with Gasteiger partial charge >= 0.3 is 5.97 Å². The summed E-state index contributed by atoms with van der Waals surface area (Å²) in [6.07, 6.45) is 3.99. The number of H-pyrrole nitrogens is 1. The number of rotatable bonds is 11. The summed E-state index contributed by atoms with van der Waals surface area (Å²) in [5, 5.41) is 5.20. The fraction of sp³-hybridized carbons (Fsp3) is 0.562. The number of guanidine groups is 1. The van der Waals surface area contributed by atoms with E-state index in [2.05, 4.69) is 25.6 Å². The van der Waals surface area contributed by atoms with Crippen molar-refractivity contribution in [2.45, 2.75) is 45.2 Å². The highest BCUT2D eigenvalue weighted by Gasteiger charge is 2.27. The van der Waals surface area contributed by atoms with Crippen molar-refractivity contribution >= 4 is 23.7 Å². The average Bonchev–Trinajstić information content (AvgIpc) is 3.09. The van der Waals surface area contributed by atoms with Crippen LogP contribution in [0.2, 0.25) is 0 Å². The minimum absolute atomic E-state index is 0.0444. The molecule has 0 saturated carbocycles. The predicted octanol–water partition coefficient (Wildman–Crippen LogP) is -1.44. The molecule has 0 fully saturated rings. The molecule has 2 atom stereocenters. The minimum atomic E-state index is -0.871. The van der Waals surface area contributed by atoms with E-state index in [1.165, 1.54) is 13.3 Å². The zero-order valence-electron chi connectivity index (χ0n) is 15.5. The summed E-state index contributed by atoms with van der Waals surface area (Å²) in [6, 6.07) is -1.73. The third kappa shape index (κ3) is 8.70. The molecule has 1 rings (SSSR count). The van der Waals surface area contributed by atoms with Crippen molar-refractivity contribution in [2.75, 3.05) is 13.2 Å². The van der Waals surface area contributed by atoms with Crippen molar-refractivity contribution in [1.82, 2.24) is 20.6 Å². The lowest BCUT2D eigenvalue weighted by atomic mass is 10.1. The summed E-state index contributed by atoms with van der Waals surface area (Å²) < 4.78 is 5.01. The number of amides is 2. The highest BCUT2D eigenvalue weighted by Crippen LogP contribution is 2.04. The van der Waals surface area contributed by atoms with Gasteiger partial charge in [-0.15, -0.1) is 0 Å². The van der Waals surface area contributed by atoms with Crippen molar-refractivity contribution in [2.24, 2.45) is 16.5 Å². The van der Waals surface area contributed by atoms with E-state index < -0.39 is 24.0 Å². The molecule has 0 radical (unpaired) electrons. The van der Waals surface area contributed by atoms with Crippen LogP contribution in [0.3, 0.4) is 0 Å². The van der Waals surface area contributed by atoms with E-state index in [4.69, 9.17) is 16.2 Å². The molecular formula is C16H27N7O4. The number of esters is 1. The molecule has 0 aromatic carbocycles. The highest BCUT2D eigenvalue weighted by atomic mass is 16.5. The molecule has 0 aliphatic carbocycles. The van der Waals surface area contributed by atoms with E-state index in [9.17, 15) is 14.4 Å². The van der Waals surface area contributed by atoms with Crippen molar-refractivity contribution in [3.8, 4) is 0 Å². The zero-order valence-corrected chi connectivity index (χ0v) is 15.5. The van der Waals surface area contributed by atoms with E-state index in [1.807, 2.05) is 0 Å². The molecule has 1 aromatic heterocycles. The number of carbonyl (C=O) groups excluding carboxylic acids is 3. The highest BCUT2D eigenvalue weighted by molar-refractivity contribution is 5.90. The Bertz CT molecular complexity index is 641. The van der Waals surface area contributed by atoms with E-state index in [1.54, 1.807) is 13.1 Å². The second-order valence-corrected chi connectivity index (χ2v) is 5.80. The smallest absolute Gasteiger partial charge is 0.328 e. The number of imidazole rings is 1. The van der Waals surface area contributed by atoms with Gasteiger partial charge in [-0.1, -0.05) is 0 Å². The topological polar surface area (TPSA) is 178 Å². The summed E-state index contributed by atoms with van der Waals surface area (Å²) in [6.45, 7) is 3.49. The first kappa shape index (κ1) is 21.9. The summed E-state index contributed by atoms with van der Waals surface area (Å²) in [5.41, 5.74) is 11.2. The Kier molecular flexibility index (Phi) is 9.34. The zero-order chi connectivity index (χ0) is 20.2. The van der Waals surface area contributed by atoms with Crippen LogP contribution in [-0.4, -0.2) is 58.9 Å². The number of ether oxygens (including phenoxy) is 1. The molecular weight excluding hydrogens is 354 g/mol. The lowest BCUT2D eigenvalue weighted by molar-refractivity contribution is -0.147. The van der Waals surface area contributed by atoms with Gasteiger partial charge in [-0.3, -0.25) is 14.6 Å². The van der Waals surface area contributed by atoms with Crippen LogP contribution in [0.1, 0.15) is 32.4 Å². The number of hydrogen-bond donors (Lipinski definition) is 5. The van der Waals surface area contributed by atoms with Gasteiger partial charge in [0.25, 0.3) is 0 Å². The Hall–Kier alpha value is -3.11. The third-order valence-corrected chi connectivity index (χ3v) is 3.51. The van der Waals surface area contributed by atoms with Crippen LogP contribution < -0.4 is 22.1 Å². The molecule has 11 nitrogen and oxygen atoms in total. The van der Waals surface area contributed by atoms with E-state index in [0.717, 1.165) is 0 Å². The third-order valence-electron chi connectivity index (χ3n) is 3.51. The van der Waals surface area contributed by atoms with Gasteiger partial charge in [0.05, 0.1) is 12.9 Å². The SMILES string of the molecule is CCOC(=O)[C@H](CCCN=C(N)N)NC(=O)[C@H](Cc1cnc[nH]1)NC(C)=O. The van der Waals surface area contributed by atoms with Gasteiger partial charge in [-0.05, 0) is 19.8 Å². The Balaban J connectivity index is 2.77. The van der Waals surface area contributed by atoms with E-state index >= 15 is 0 Å². The number of hydrogen-bond acceptors (Lipinski definition) is 6. The average molecular weight is 381 g/mol. The molecule has 0 saturated heterocycles. The Labute approximate surface area is 157 Å². The van der Waals surface area contributed by atoms with Crippen molar-refractivity contribution in [3.63, 3.8) is 0 Å². The van der Waals surface area contributed by atoms with Gasteiger partial charge in [-0.2, -0.15) is 0 Å². The second-order valence-electron chi connectivity index (χ2n) is 5.80. The first-order chi connectivity index (χ1) is 12.8. The molecule has 0 aliphatic rings. The first-order valence-corrected chi connectivity index (χ1v) is 8.60. The van der Waals surface area contributed by atoms with Gasteiger partial charge < -0.3 is 31.8 Å². The lowest BCUT2D eigenvalue weighted by Crippen LogP contribution is -2.52. The number of aromatic amines is 1. The Morgan fingerprint density at radius 1 is 1.30 bits per heavy atom. The summed E-state index contributed by atoms with van der Waals surface area (Å²) in [7, 11) is 0. The molecule has 0 unspecified atom stereocenters. The molecule has 11 heteroatoms. The van der Waals surface area contributed by atoms with Crippen molar-refractivity contribution in [1.29, 1.82) is 0 Å². The fourth-order valence-electron chi connectivity index (χ4n) is 2.34. The van der Waals surface area contributed by atoms with Crippen LogP contribution in [0.25, 0.3) is 0 Å². The normalized spacial score (nSPS) is 12.5. The van der Waals surface area contributed by atoms with Crippen molar-refractivity contribution in [3.05, 3.63) is 18.2 Å². The first-order valence-electron chi connectivity index (χ1n) is 8.60. The molecule has 2 amide bonds. The molecule has 0 spiro atoms. The number of aliphatic imine (C=N–C) groups is 1. The quantitative estimate of drug-likeness (QED) is 0.135. The largest absolute Gasteiger partial charge is 0.464 e. The van der Waals surface area contributed by atoms with E-state index in [0.29, 0.717) is 18.7 Å². The van der Waals surface area contributed by atoms with Gasteiger partial charge in [0.2, 0.25) is 11.8 Å². The standard InChI is InChI=1S/C16H27N7O4/c1-3-27-15(26)12(5-4-6-20-16(17)18)23-14(25)13(22-10(2)24)7-11-8-19-9-21-11/h8-9,12-13H,3-7H2,1-2H3,(H,19,21)(H,22,24)(H,23,25)(H4,17,18,20)/t12-,13-/m0/s1. The lowest BCUT2D eigenvalue weighted by Gasteiger charge is -2.22. The van der Waals surface area contributed by atoms with Gasteiger partial charge in [-0.25, -0.2) is 9.78 Å². The molecule has 1 aromatic rings. The summed E-state index contributed by atoms with van der Waals surface area (Å²) in [5.74, 6) is -1.47. The molecule has 0 aliphatic heterocycles. The molecule has 7 N–H and O–H groups in total. The van der Waals surface area contributed by atoms with Gasteiger partial charge in [0, 0.05) is 31.8 Å². The second kappa shape index (κ2) is 11.5. The molecule has 27 heavy (non-hydrogen) atoms. The molecule has 150 valence electrons. The molecule has 0 bridgehead atoms. The van der Waals surface area contributed by atoms with E-state index in [-0.39, 0.29) is 31.3 Å². The number of aromatic nitrogens is 2. The van der Waals surface area contributed by atoms with Crippen LogP contribution in [0, 0.1) is 0 Å². The van der Waals surface area contributed by atoms with Crippen LogP contribution in [0.5, 0.6) is 0 Å². The number of nitrogens with two attached hydrogens (primary N) is 2. The summed E-state index contributed by atoms with van der Waals surface area (Å²) in [4.78, 5) is 46.8. The predicted molar refractivity (Wildman–Crippen MR) is 98.4 cm³/mol. The van der Waals surface area contributed by atoms with Crippen LogP contribution in [0.15, 0.2) is 17.5 Å². The monoisotopic (exact) mass is 381 g/mol. The number of nitrogens with zero attached hydrogens (tertiary/aromatic N) is 2. The minimum Gasteiger partial charge on any atom is -0.464 e. The number of nitrogens with one attached hydrogen (secondary N) is 3. The molecule has 1 heterocycles. The maximum atomic E-state index is 12.6. The van der Waals surface area contributed by atoms with Gasteiger partial charge in [0.15, 0.2) is 5.96 Å². The van der Waals surface area contributed by atoms with Gasteiger partial charge in [0.1, 0.15) is 12.1 Å². The van der Waals surface area contributed by atoms with Crippen molar-refractivity contribution < 1.29 is 19.1 Å². The number of carbonyl (C=O) groups is 3. The van der Waals surface area contributed by atoms with Crippen LogP contribution >= 0.6 is 0 Å². The summed E-state index contributed by atoms with van der Waals surface area (Å²) >= 11 is 0. The van der Waals surface area contributed by atoms with Crippen LogP contribution in [-0.2, 0) is 25.5 Å². The maximum absolute atomic E-state index is 12.6. The Morgan fingerprint density at radius 3 is 2.59 bits per heavy atom. The van der Waals surface area contributed by atoms with Crippen LogP contribution in [0.4, 0.5) is 0 Å². The fourth-order valence-corrected chi connectivity index (χ4v) is 2.34. The Morgan fingerprint density at radius 2 is 2.04 bits per heavy atom.